The Morgan fingerprint density at radius 1 is 0.875 bits per heavy atom. The first-order valence-electron chi connectivity index (χ1n) is 13.6. The van der Waals surface area contributed by atoms with Gasteiger partial charge in [0.1, 0.15) is 0 Å². The number of hydrogen-bond acceptors (Lipinski definition) is 3. The van der Waals surface area contributed by atoms with Gasteiger partial charge in [-0.2, -0.15) is 0 Å². The van der Waals surface area contributed by atoms with Gasteiger partial charge in [-0.15, -0.1) is 28.8 Å². The zero-order valence-corrected chi connectivity index (χ0v) is 28.5. The van der Waals surface area contributed by atoms with E-state index in [1.165, 1.54) is 58.1 Å². The third-order valence-corrected chi connectivity index (χ3v) is 10.3. The van der Waals surface area contributed by atoms with Gasteiger partial charge in [-0.05, 0) is 41.4 Å². The smallest absolute Gasteiger partial charge is 0.155 e. The molecule has 40 heavy (non-hydrogen) atoms. The van der Waals surface area contributed by atoms with Crippen molar-refractivity contribution in [3.63, 3.8) is 0 Å². The number of ketones is 1. The molecule has 1 aliphatic rings. The Morgan fingerprint density at radius 2 is 1.48 bits per heavy atom. The van der Waals surface area contributed by atoms with Crippen LogP contribution in [-0.2, 0) is 35.7 Å². The average Bonchev–Trinajstić information content (AvgIpc) is 2.86. The van der Waals surface area contributed by atoms with E-state index < -0.39 is 8.07 Å². The van der Waals surface area contributed by atoms with Crippen LogP contribution in [0.3, 0.4) is 0 Å². The largest absolute Gasteiger partial charge is 0.512 e. The van der Waals surface area contributed by atoms with E-state index in [1.807, 2.05) is 0 Å². The molecule has 1 aliphatic carbocycles. The fourth-order valence-electron chi connectivity index (χ4n) is 5.55. The van der Waals surface area contributed by atoms with Crippen molar-refractivity contribution in [1.29, 1.82) is 0 Å². The van der Waals surface area contributed by atoms with Crippen molar-refractivity contribution in [1.82, 2.24) is 4.98 Å². The molecule has 0 bridgehead atoms. The summed E-state index contributed by atoms with van der Waals surface area (Å²) in [5, 5.41) is 12.4. The topological polar surface area (TPSA) is 50.2 Å². The van der Waals surface area contributed by atoms with Crippen molar-refractivity contribution >= 4 is 29.8 Å². The van der Waals surface area contributed by atoms with Crippen molar-refractivity contribution < 1.29 is 30.0 Å². The predicted octanol–water partition coefficient (Wildman–Crippen LogP) is 8.52. The quantitative estimate of drug-likeness (QED) is 0.0998. The summed E-state index contributed by atoms with van der Waals surface area (Å²) in [5.74, 6) is -0.0625. The zero-order chi connectivity index (χ0) is 28.8. The van der Waals surface area contributed by atoms with E-state index in [9.17, 15) is 4.79 Å². The maximum absolute atomic E-state index is 10.0. The fraction of sp³-hybridized carbons (Fsp3) is 0.314. The molecule has 5 rings (SSSR count). The summed E-state index contributed by atoms with van der Waals surface area (Å²) < 4.78 is 0. The van der Waals surface area contributed by atoms with E-state index in [1.54, 1.807) is 0 Å². The van der Waals surface area contributed by atoms with Gasteiger partial charge in [0.15, 0.2) is 5.78 Å². The molecule has 0 amide bonds. The summed E-state index contributed by atoms with van der Waals surface area (Å²) in [4.78, 5) is 15.0. The Hall–Kier alpha value is -2.85. The van der Waals surface area contributed by atoms with Crippen LogP contribution in [0.5, 0.6) is 0 Å². The number of fused-ring (bicyclic) bond motifs is 4. The molecule has 5 heteroatoms. The predicted molar refractivity (Wildman–Crippen MR) is 168 cm³/mol. The number of allylic oxidation sites excluding steroid dienone is 2. The number of carbonyl (C=O) groups excluding carboxylic acids is 1. The molecule has 0 fully saturated rings. The molecule has 0 aliphatic heterocycles. The summed E-state index contributed by atoms with van der Waals surface area (Å²) in [6.07, 6.45) is 3.26. The van der Waals surface area contributed by atoms with Crippen LogP contribution < -0.4 is 5.19 Å². The molecule has 0 unspecified atom stereocenters. The summed E-state index contributed by atoms with van der Waals surface area (Å²) >= 11 is 0. The maximum Gasteiger partial charge on any atom is 0.155 e. The second kappa shape index (κ2) is 11.6. The Balaban J connectivity index is 0.000000492. The molecule has 0 saturated carbocycles. The Morgan fingerprint density at radius 3 is 2.08 bits per heavy atom. The molecule has 0 saturated heterocycles. The van der Waals surface area contributed by atoms with E-state index in [2.05, 4.69) is 120 Å². The number of pyridine rings is 1. The standard InChI is InChI=1S/C30H32NSi.C5H8O2.Ir/c1-29(2)25-15-11-10-14-23(25)24-19-31-27(18-26(24)30(29,3)4)21-16-20-12-8-9-13-22(20)28(17-21)32(5,6)7;1-4(6)3-5(2)7;/h8-15,17-19H,1-7H3;3,6H,1-2H3;/q-1;;/b;4-3-;. The first-order chi connectivity index (χ1) is 18.1. The van der Waals surface area contributed by atoms with Crippen LogP contribution in [-0.4, -0.2) is 23.9 Å². The molecular formula is C35H40IrNO2Si-. The number of nitrogens with zero attached hydrogens (tertiary/aromatic N) is 1. The van der Waals surface area contributed by atoms with Crippen LogP contribution in [0.4, 0.5) is 0 Å². The van der Waals surface area contributed by atoms with Crippen molar-refractivity contribution in [2.45, 2.75) is 72.0 Å². The number of rotatable bonds is 3. The number of benzene rings is 3. The molecule has 0 spiro atoms. The van der Waals surface area contributed by atoms with Gasteiger partial charge >= 0.3 is 0 Å². The summed E-state index contributed by atoms with van der Waals surface area (Å²) in [6.45, 7) is 19.6. The van der Waals surface area contributed by atoms with Gasteiger partial charge in [-0.3, -0.25) is 9.78 Å². The monoisotopic (exact) mass is 727 g/mol. The molecular weight excluding hydrogens is 687 g/mol. The van der Waals surface area contributed by atoms with Crippen LogP contribution in [0.25, 0.3) is 33.2 Å². The second-order valence-corrected chi connectivity index (χ2v) is 17.7. The van der Waals surface area contributed by atoms with E-state index in [4.69, 9.17) is 10.1 Å². The minimum atomic E-state index is -1.54. The summed E-state index contributed by atoms with van der Waals surface area (Å²) in [7, 11) is -1.54. The molecule has 1 N–H and O–H groups in total. The summed E-state index contributed by atoms with van der Waals surface area (Å²) in [6, 6.07) is 25.9. The molecule has 3 aromatic carbocycles. The molecule has 1 heterocycles. The SMILES string of the molecule is CC(=O)/C=C(/C)O.CC1(C)c2ccccc2-c2cnc(-c3[c-]c4ccccc4c([Si](C)(C)C)c3)cc2C1(C)C.[Ir]. The normalized spacial score (nSPS) is 15.2. The third kappa shape index (κ3) is 5.93. The van der Waals surface area contributed by atoms with Crippen molar-refractivity contribution in [3.8, 4) is 22.4 Å². The number of aliphatic hydroxyl groups is 1. The van der Waals surface area contributed by atoms with E-state index in [0.717, 1.165) is 11.3 Å². The van der Waals surface area contributed by atoms with Gasteiger partial charge in [0, 0.05) is 43.6 Å². The van der Waals surface area contributed by atoms with Crippen LogP contribution in [0.1, 0.15) is 52.7 Å². The summed E-state index contributed by atoms with van der Waals surface area (Å²) in [5.41, 5.74) is 7.50. The van der Waals surface area contributed by atoms with Crippen molar-refractivity contribution in [2.24, 2.45) is 0 Å². The zero-order valence-electron chi connectivity index (χ0n) is 25.1. The number of aliphatic hydroxyl groups excluding tert-OH is 1. The fourth-order valence-corrected chi connectivity index (χ4v) is 7.16. The van der Waals surface area contributed by atoms with Crippen molar-refractivity contribution in [3.05, 3.63) is 95.9 Å². The van der Waals surface area contributed by atoms with Gasteiger partial charge in [0.05, 0.1) is 13.8 Å². The van der Waals surface area contributed by atoms with Crippen LogP contribution >= 0.6 is 0 Å². The van der Waals surface area contributed by atoms with E-state index >= 15 is 0 Å². The second-order valence-electron chi connectivity index (χ2n) is 12.7. The molecule has 1 radical (unpaired) electrons. The van der Waals surface area contributed by atoms with Crippen LogP contribution in [0.15, 0.2) is 78.7 Å². The average molecular weight is 727 g/mol. The van der Waals surface area contributed by atoms with Crippen LogP contribution in [0, 0.1) is 6.07 Å². The van der Waals surface area contributed by atoms with Crippen molar-refractivity contribution in [2.75, 3.05) is 0 Å². The van der Waals surface area contributed by atoms with Gasteiger partial charge in [0.2, 0.25) is 0 Å². The van der Waals surface area contributed by atoms with Gasteiger partial charge in [0.25, 0.3) is 0 Å². The van der Waals surface area contributed by atoms with Gasteiger partial charge in [-0.1, -0.05) is 107 Å². The maximum atomic E-state index is 10.0. The molecule has 211 valence electrons. The molecule has 0 atom stereocenters. The van der Waals surface area contributed by atoms with Crippen LogP contribution in [0.2, 0.25) is 19.6 Å². The van der Waals surface area contributed by atoms with Gasteiger partial charge in [-0.25, -0.2) is 0 Å². The minimum absolute atomic E-state index is 0. The molecule has 1 aromatic heterocycles. The Bertz CT molecular complexity index is 1590. The number of carbonyl (C=O) groups is 1. The van der Waals surface area contributed by atoms with E-state index in [0.29, 0.717) is 0 Å². The third-order valence-electron chi connectivity index (χ3n) is 8.30. The molecule has 4 aromatic rings. The van der Waals surface area contributed by atoms with Gasteiger partial charge < -0.3 is 5.11 Å². The number of aromatic nitrogens is 1. The Kier molecular flexibility index (Phi) is 9.15. The first kappa shape index (κ1) is 31.7. The molecule has 3 nitrogen and oxygen atoms in total. The number of hydrogen-bond donors (Lipinski definition) is 1. The first-order valence-corrected chi connectivity index (χ1v) is 17.1. The van der Waals surface area contributed by atoms with E-state index in [-0.39, 0.29) is 42.5 Å². The minimum Gasteiger partial charge on any atom is -0.512 e. The Labute approximate surface area is 254 Å².